The summed E-state index contributed by atoms with van der Waals surface area (Å²) in [6, 6.07) is 6.07. The molecular formula is C15H22N2O2. The van der Waals surface area contributed by atoms with Gasteiger partial charge in [-0.3, -0.25) is 4.90 Å². The van der Waals surface area contributed by atoms with E-state index in [-0.39, 0.29) is 0 Å². The molecule has 4 nitrogen and oxygen atoms in total. The molecule has 4 heteroatoms. The lowest BCUT2D eigenvalue weighted by atomic mass is 10.1. The lowest BCUT2D eigenvalue weighted by molar-refractivity contribution is 0.261. The van der Waals surface area contributed by atoms with E-state index in [2.05, 4.69) is 30.1 Å². The van der Waals surface area contributed by atoms with Gasteiger partial charge in [0, 0.05) is 12.0 Å². The highest BCUT2D eigenvalue weighted by Gasteiger charge is 2.12. The van der Waals surface area contributed by atoms with Crippen molar-refractivity contribution in [1.29, 1.82) is 0 Å². The Morgan fingerprint density at radius 1 is 1.32 bits per heavy atom. The van der Waals surface area contributed by atoms with Crippen LogP contribution >= 0.6 is 0 Å². The van der Waals surface area contributed by atoms with Crippen LogP contribution in [0.25, 0.3) is 0 Å². The van der Waals surface area contributed by atoms with E-state index in [1.807, 2.05) is 26.0 Å². The summed E-state index contributed by atoms with van der Waals surface area (Å²) < 4.78 is 10.9. The molecule has 19 heavy (non-hydrogen) atoms. The van der Waals surface area contributed by atoms with Crippen LogP contribution < -0.4 is 0 Å². The SMILES string of the molecule is Cc1cc(CN(C)CC[C@@H](C)c2ccc(C)o2)on1. The third-order valence-corrected chi connectivity index (χ3v) is 3.29. The Morgan fingerprint density at radius 2 is 2.11 bits per heavy atom. The lowest BCUT2D eigenvalue weighted by Gasteiger charge is -2.17. The fraction of sp³-hybridized carbons (Fsp3) is 0.533. The number of rotatable bonds is 6. The Kier molecular flexibility index (Phi) is 4.43. The number of aryl methyl sites for hydroxylation is 2. The zero-order chi connectivity index (χ0) is 13.8. The van der Waals surface area contributed by atoms with Crippen molar-refractivity contribution in [1.82, 2.24) is 10.1 Å². The van der Waals surface area contributed by atoms with Gasteiger partial charge in [0.05, 0.1) is 12.2 Å². The Morgan fingerprint density at radius 3 is 2.68 bits per heavy atom. The standard InChI is InChI=1S/C15H22N2O2/c1-11(15-6-5-13(3)18-15)7-8-17(4)10-14-9-12(2)16-19-14/h5-6,9,11H,7-8,10H2,1-4H3/t11-/m1/s1. The molecule has 0 aliphatic rings. The molecule has 0 saturated heterocycles. The Hall–Kier alpha value is -1.55. The van der Waals surface area contributed by atoms with E-state index in [4.69, 9.17) is 8.94 Å². The fourth-order valence-electron chi connectivity index (χ4n) is 2.11. The van der Waals surface area contributed by atoms with Crippen molar-refractivity contribution >= 4 is 0 Å². The van der Waals surface area contributed by atoms with Crippen LogP contribution in [0.1, 0.15) is 42.2 Å². The third kappa shape index (κ3) is 3.96. The van der Waals surface area contributed by atoms with E-state index in [1.165, 1.54) is 0 Å². The lowest BCUT2D eigenvalue weighted by Crippen LogP contribution is -2.20. The van der Waals surface area contributed by atoms with Crippen LogP contribution in [0.3, 0.4) is 0 Å². The first-order chi connectivity index (χ1) is 9.04. The first-order valence-corrected chi connectivity index (χ1v) is 6.71. The summed E-state index contributed by atoms with van der Waals surface area (Å²) in [5.74, 6) is 3.41. The van der Waals surface area contributed by atoms with Gasteiger partial charge >= 0.3 is 0 Å². The van der Waals surface area contributed by atoms with Crippen molar-refractivity contribution in [3.8, 4) is 0 Å². The summed E-state index contributed by atoms with van der Waals surface area (Å²) in [5, 5.41) is 3.90. The van der Waals surface area contributed by atoms with Gasteiger partial charge in [-0.05, 0) is 46.0 Å². The van der Waals surface area contributed by atoms with Crippen molar-refractivity contribution in [3.63, 3.8) is 0 Å². The van der Waals surface area contributed by atoms with Crippen LogP contribution in [-0.2, 0) is 6.54 Å². The van der Waals surface area contributed by atoms with Crippen LogP contribution in [0.5, 0.6) is 0 Å². The normalized spacial score (nSPS) is 13.1. The van der Waals surface area contributed by atoms with E-state index in [0.717, 1.165) is 42.5 Å². The van der Waals surface area contributed by atoms with Crippen molar-refractivity contribution in [2.45, 2.75) is 39.7 Å². The van der Waals surface area contributed by atoms with E-state index in [1.54, 1.807) is 0 Å². The molecule has 0 aliphatic heterocycles. The van der Waals surface area contributed by atoms with Crippen LogP contribution in [-0.4, -0.2) is 23.6 Å². The summed E-state index contributed by atoms with van der Waals surface area (Å²) in [7, 11) is 2.10. The average Bonchev–Trinajstić information content (AvgIpc) is 2.95. The minimum atomic E-state index is 0.438. The largest absolute Gasteiger partial charge is 0.466 e. The molecule has 104 valence electrons. The monoisotopic (exact) mass is 262 g/mol. The highest BCUT2D eigenvalue weighted by molar-refractivity contribution is 5.09. The van der Waals surface area contributed by atoms with Crippen LogP contribution in [0.4, 0.5) is 0 Å². The Bertz CT molecular complexity index is 516. The van der Waals surface area contributed by atoms with Gasteiger partial charge in [0.1, 0.15) is 11.5 Å². The number of nitrogens with zero attached hydrogens (tertiary/aromatic N) is 2. The number of aromatic nitrogens is 1. The maximum Gasteiger partial charge on any atom is 0.150 e. The van der Waals surface area contributed by atoms with Crippen molar-refractivity contribution in [2.75, 3.05) is 13.6 Å². The van der Waals surface area contributed by atoms with Crippen molar-refractivity contribution in [3.05, 3.63) is 41.2 Å². The number of hydrogen-bond donors (Lipinski definition) is 0. The highest BCUT2D eigenvalue weighted by atomic mass is 16.5. The minimum absolute atomic E-state index is 0.438. The smallest absolute Gasteiger partial charge is 0.150 e. The van der Waals surface area contributed by atoms with Gasteiger partial charge in [-0.1, -0.05) is 12.1 Å². The molecule has 0 bridgehead atoms. The van der Waals surface area contributed by atoms with Crippen LogP contribution in [0, 0.1) is 13.8 Å². The van der Waals surface area contributed by atoms with E-state index < -0.39 is 0 Å². The molecule has 2 rings (SSSR count). The van der Waals surface area contributed by atoms with Crippen LogP contribution in [0.15, 0.2) is 27.1 Å². The second kappa shape index (κ2) is 6.06. The zero-order valence-corrected chi connectivity index (χ0v) is 12.1. The molecule has 2 aromatic rings. The predicted octanol–water partition coefficient (Wildman–Crippen LogP) is 3.51. The fourth-order valence-corrected chi connectivity index (χ4v) is 2.11. The molecule has 0 unspecified atom stereocenters. The van der Waals surface area contributed by atoms with Gasteiger partial charge < -0.3 is 8.94 Å². The summed E-state index contributed by atoms with van der Waals surface area (Å²) in [6.45, 7) is 7.92. The average molecular weight is 262 g/mol. The van der Waals surface area contributed by atoms with Gasteiger partial charge in [-0.25, -0.2) is 0 Å². The second-order valence-electron chi connectivity index (χ2n) is 5.31. The summed E-state index contributed by atoms with van der Waals surface area (Å²) in [4.78, 5) is 2.24. The maximum absolute atomic E-state index is 5.65. The van der Waals surface area contributed by atoms with Gasteiger partial charge in [0.25, 0.3) is 0 Å². The van der Waals surface area contributed by atoms with E-state index in [9.17, 15) is 0 Å². The predicted molar refractivity (Wildman–Crippen MR) is 74.1 cm³/mol. The number of furan rings is 1. The van der Waals surface area contributed by atoms with E-state index >= 15 is 0 Å². The zero-order valence-electron chi connectivity index (χ0n) is 12.1. The van der Waals surface area contributed by atoms with Gasteiger partial charge in [-0.2, -0.15) is 0 Å². The molecule has 0 spiro atoms. The molecule has 0 amide bonds. The first-order valence-electron chi connectivity index (χ1n) is 6.71. The summed E-state index contributed by atoms with van der Waals surface area (Å²) in [6.07, 6.45) is 1.07. The van der Waals surface area contributed by atoms with Crippen molar-refractivity contribution in [2.24, 2.45) is 0 Å². The van der Waals surface area contributed by atoms with E-state index in [0.29, 0.717) is 5.92 Å². The molecule has 0 aromatic carbocycles. The molecule has 2 heterocycles. The molecule has 2 aromatic heterocycles. The highest BCUT2D eigenvalue weighted by Crippen LogP contribution is 2.21. The van der Waals surface area contributed by atoms with Crippen molar-refractivity contribution < 1.29 is 8.94 Å². The molecule has 0 fully saturated rings. The first kappa shape index (κ1) is 13.9. The topological polar surface area (TPSA) is 42.4 Å². The second-order valence-corrected chi connectivity index (χ2v) is 5.31. The van der Waals surface area contributed by atoms with Gasteiger partial charge in [0.15, 0.2) is 5.76 Å². The number of hydrogen-bond acceptors (Lipinski definition) is 4. The molecule has 0 N–H and O–H groups in total. The molecular weight excluding hydrogens is 240 g/mol. The Labute approximate surface area is 114 Å². The molecule has 1 atom stereocenters. The minimum Gasteiger partial charge on any atom is -0.466 e. The quantitative estimate of drug-likeness (QED) is 0.799. The third-order valence-electron chi connectivity index (χ3n) is 3.29. The molecule has 0 saturated carbocycles. The maximum atomic E-state index is 5.65. The Balaban J connectivity index is 1.78. The molecule has 0 radical (unpaired) electrons. The van der Waals surface area contributed by atoms with Gasteiger partial charge in [0.2, 0.25) is 0 Å². The molecule has 0 aliphatic carbocycles. The van der Waals surface area contributed by atoms with Crippen LogP contribution in [0.2, 0.25) is 0 Å². The summed E-state index contributed by atoms with van der Waals surface area (Å²) >= 11 is 0. The van der Waals surface area contributed by atoms with Gasteiger partial charge in [-0.15, -0.1) is 0 Å². The summed E-state index contributed by atoms with van der Waals surface area (Å²) in [5.41, 5.74) is 0.933.